The van der Waals surface area contributed by atoms with E-state index in [9.17, 15) is 0 Å². The Morgan fingerprint density at radius 3 is 2.55 bits per heavy atom. The third kappa shape index (κ3) is 10.4. The zero-order valence-corrected chi connectivity index (χ0v) is 17.5. The van der Waals surface area contributed by atoms with Crippen LogP contribution >= 0.6 is 35.3 Å². The van der Waals surface area contributed by atoms with Gasteiger partial charge in [-0.05, 0) is 44.6 Å². The molecule has 3 N–H and O–H groups in total. The van der Waals surface area contributed by atoms with Crippen LogP contribution in [0.15, 0.2) is 22.5 Å². The van der Waals surface area contributed by atoms with Crippen LogP contribution in [0.2, 0.25) is 0 Å². The number of guanidine groups is 1. The van der Waals surface area contributed by atoms with E-state index < -0.39 is 0 Å². The number of hydrogen-bond donors (Lipinski definition) is 3. The number of nitrogens with one attached hydrogen (secondary N) is 3. The van der Waals surface area contributed by atoms with Crippen molar-refractivity contribution in [2.75, 3.05) is 26.7 Å². The first-order chi connectivity index (χ1) is 9.90. The molecule has 0 spiro atoms. The fourth-order valence-corrected chi connectivity index (χ4v) is 2.82. The molecule has 128 valence electrons. The molecule has 0 bridgehead atoms. The molecule has 0 aliphatic rings. The molecule has 0 amide bonds. The highest BCUT2D eigenvalue weighted by Gasteiger charge is 2.08. The molecular weight excluding hydrogens is 407 g/mol. The summed E-state index contributed by atoms with van der Waals surface area (Å²) in [6, 6.07) is 4.31. The zero-order valence-electron chi connectivity index (χ0n) is 14.4. The molecule has 1 atom stereocenters. The maximum Gasteiger partial charge on any atom is 0.191 e. The Morgan fingerprint density at radius 1 is 1.27 bits per heavy atom. The van der Waals surface area contributed by atoms with E-state index in [1.807, 2.05) is 18.4 Å². The minimum atomic E-state index is 0. The van der Waals surface area contributed by atoms with E-state index in [1.165, 1.54) is 4.88 Å². The standard InChI is InChI=1S/C16H30N4S.HI/c1-13(11-14-7-6-10-21-14)12-19-15(17-5)18-8-9-20-16(2,3)4;/h6-7,10,13,20H,8-9,11-12H2,1-5H3,(H2,17,18,19);1H. The van der Waals surface area contributed by atoms with Crippen molar-refractivity contribution in [1.29, 1.82) is 0 Å². The van der Waals surface area contributed by atoms with Crippen molar-refractivity contribution in [1.82, 2.24) is 16.0 Å². The van der Waals surface area contributed by atoms with Crippen LogP contribution in [0, 0.1) is 5.92 Å². The summed E-state index contributed by atoms with van der Waals surface area (Å²) in [6.45, 7) is 11.5. The summed E-state index contributed by atoms with van der Waals surface area (Å²) in [6.07, 6.45) is 1.12. The summed E-state index contributed by atoms with van der Waals surface area (Å²) >= 11 is 1.83. The van der Waals surface area contributed by atoms with E-state index in [0.717, 1.165) is 32.0 Å². The highest BCUT2D eigenvalue weighted by molar-refractivity contribution is 14.0. The van der Waals surface area contributed by atoms with Gasteiger partial charge in [0.05, 0.1) is 0 Å². The molecule has 0 aromatic carbocycles. The second kappa shape index (κ2) is 11.2. The molecule has 0 aliphatic carbocycles. The van der Waals surface area contributed by atoms with Gasteiger partial charge in [-0.1, -0.05) is 13.0 Å². The molecule has 0 fully saturated rings. The van der Waals surface area contributed by atoms with Crippen LogP contribution in [0.3, 0.4) is 0 Å². The number of halogens is 1. The third-order valence-corrected chi connectivity index (χ3v) is 3.94. The summed E-state index contributed by atoms with van der Waals surface area (Å²) < 4.78 is 0. The molecule has 0 saturated carbocycles. The molecule has 1 unspecified atom stereocenters. The van der Waals surface area contributed by atoms with Gasteiger partial charge >= 0.3 is 0 Å². The van der Waals surface area contributed by atoms with Crippen molar-refractivity contribution in [3.05, 3.63) is 22.4 Å². The predicted molar refractivity (Wildman–Crippen MR) is 110 cm³/mol. The summed E-state index contributed by atoms with van der Waals surface area (Å²) in [4.78, 5) is 5.71. The Morgan fingerprint density at radius 2 is 2.00 bits per heavy atom. The Balaban J connectivity index is 0.00000441. The quantitative estimate of drug-likeness (QED) is 0.266. The lowest BCUT2D eigenvalue weighted by molar-refractivity contribution is 0.428. The second-order valence-corrected chi connectivity index (χ2v) is 7.48. The largest absolute Gasteiger partial charge is 0.356 e. The van der Waals surface area contributed by atoms with Gasteiger partial charge in [0.25, 0.3) is 0 Å². The molecule has 1 aromatic rings. The lowest BCUT2D eigenvalue weighted by Crippen LogP contribution is -2.45. The molecule has 22 heavy (non-hydrogen) atoms. The predicted octanol–water partition coefficient (Wildman–Crippen LogP) is 3.10. The number of rotatable bonds is 7. The Kier molecular flexibility index (Phi) is 11.1. The van der Waals surface area contributed by atoms with Crippen LogP contribution in [0.1, 0.15) is 32.6 Å². The third-order valence-electron chi connectivity index (χ3n) is 3.04. The highest BCUT2D eigenvalue weighted by atomic mass is 127. The van der Waals surface area contributed by atoms with Crippen LogP contribution in [0.5, 0.6) is 0 Å². The second-order valence-electron chi connectivity index (χ2n) is 6.45. The number of thiophene rings is 1. The van der Waals surface area contributed by atoms with Crippen molar-refractivity contribution >= 4 is 41.3 Å². The summed E-state index contributed by atoms with van der Waals surface area (Å²) in [5.41, 5.74) is 0.161. The van der Waals surface area contributed by atoms with Gasteiger partial charge in [-0.15, -0.1) is 35.3 Å². The number of hydrogen-bond acceptors (Lipinski definition) is 3. The lowest BCUT2D eigenvalue weighted by Gasteiger charge is -2.21. The molecule has 6 heteroatoms. The smallest absolute Gasteiger partial charge is 0.191 e. The van der Waals surface area contributed by atoms with Crippen LogP contribution in [-0.2, 0) is 6.42 Å². The first kappa shape index (κ1) is 21.7. The molecule has 1 aromatic heterocycles. The first-order valence-electron chi connectivity index (χ1n) is 7.62. The maximum atomic E-state index is 4.26. The van der Waals surface area contributed by atoms with Gasteiger partial charge in [0, 0.05) is 37.1 Å². The van der Waals surface area contributed by atoms with Crippen LogP contribution in [0.25, 0.3) is 0 Å². The fourth-order valence-electron chi connectivity index (χ4n) is 1.95. The molecule has 1 rings (SSSR count). The first-order valence-corrected chi connectivity index (χ1v) is 8.50. The Labute approximate surface area is 156 Å². The normalized spacial score (nSPS) is 13.4. The topological polar surface area (TPSA) is 48.5 Å². The average Bonchev–Trinajstić information content (AvgIpc) is 2.89. The fraction of sp³-hybridized carbons (Fsp3) is 0.688. The maximum absolute atomic E-state index is 4.26. The molecule has 0 aliphatic heterocycles. The van der Waals surface area contributed by atoms with E-state index in [0.29, 0.717) is 5.92 Å². The van der Waals surface area contributed by atoms with Gasteiger partial charge < -0.3 is 16.0 Å². The molecule has 1 heterocycles. The average molecular weight is 438 g/mol. The van der Waals surface area contributed by atoms with Gasteiger partial charge in [-0.2, -0.15) is 0 Å². The number of nitrogens with zero attached hydrogens (tertiary/aromatic N) is 1. The summed E-state index contributed by atoms with van der Waals surface area (Å²) in [5.74, 6) is 1.47. The highest BCUT2D eigenvalue weighted by Crippen LogP contribution is 2.13. The van der Waals surface area contributed by atoms with Crippen molar-refractivity contribution in [3.8, 4) is 0 Å². The van der Waals surface area contributed by atoms with Gasteiger partial charge in [0.2, 0.25) is 0 Å². The molecular formula is C16H31IN4S. The van der Waals surface area contributed by atoms with E-state index in [-0.39, 0.29) is 29.5 Å². The van der Waals surface area contributed by atoms with Crippen LogP contribution < -0.4 is 16.0 Å². The van der Waals surface area contributed by atoms with E-state index >= 15 is 0 Å². The minimum Gasteiger partial charge on any atom is -0.356 e. The van der Waals surface area contributed by atoms with Crippen molar-refractivity contribution in [2.45, 2.75) is 39.7 Å². The summed E-state index contributed by atoms with van der Waals surface area (Å²) in [5, 5.41) is 12.3. The summed E-state index contributed by atoms with van der Waals surface area (Å²) in [7, 11) is 1.82. The van der Waals surface area contributed by atoms with E-state index in [1.54, 1.807) is 0 Å². The van der Waals surface area contributed by atoms with Crippen LogP contribution in [0.4, 0.5) is 0 Å². The molecule has 0 radical (unpaired) electrons. The minimum absolute atomic E-state index is 0. The number of aliphatic imine (C=N–C) groups is 1. The molecule has 0 saturated heterocycles. The SMILES string of the molecule is CN=C(NCCNC(C)(C)C)NCC(C)Cc1cccs1.I. The van der Waals surface area contributed by atoms with Gasteiger partial charge in [-0.3, -0.25) is 4.99 Å². The van der Waals surface area contributed by atoms with Crippen LogP contribution in [-0.4, -0.2) is 38.2 Å². The van der Waals surface area contributed by atoms with Crippen molar-refractivity contribution < 1.29 is 0 Å². The molecule has 4 nitrogen and oxygen atoms in total. The van der Waals surface area contributed by atoms with Gasteiger partial charge in [-0.25, -0.2) is 0 Å². The van der Waals surface area contributed by atoms with Crippen molar-refractivity contribution in [3.63, 3.8) is 0 Å². The Hall–Kier alpha value is -0.340. The van der Waals surface area contributed by atoms with E-state index in [4.69, 9.17) is 0 Å². The lowest BCUT2D eigenvalue weighted by atomic mass is 10.1. The van der Waals surface area contributed by atoms with Gasteiger partial charge in [0.15, 0.2) is 5.96 Å². The Bertz CT molecular complexity index is 412. The van der Waals surface area contributed by atoms with Crippen molar-refractivity contribution in [2.24, 2.45) is 10.9 Å². The van der Waals surface area contributed by atoms with Gasteiger partial charge in [0.1, 0.15) is 0 Å². The zero-order chi connectivity index (χ0) is 15.7. The monoisotopic (exact) mass is 438 g/mol. The van der Waals surface area contributed by atoms with E-state index in [2.05, 4.69) is 66.2 Å².